The number of non-ortho nitro benzene ring substituents is 1. The van der Waals surface area contributed by atoms with Gasteiger partial charge in [0.05, 0.1) is 23.8 Å². The fraction of sp³-hybridized carbons (Fsp3) is 0.143. The minimum atomic E-state index is -0.491. The van der Waals surface area contributed by atoms with E-state index in [4.69, 9.17) is 15.2 Å². The maximum Gasteiger partial charge on any atom is 0.273 e. The Morgan fingerprint density at radius 3 is 2.65 bits per heavy atom. The van der Waals surface area contributed by atoms with Crippen molar-refractivity contribution in [3.63, 3.8) is 0 Å². The zero-order chi connectivity index (χ0) is 14.5. The van der Waals surface area contributed by atoms with Crippen LogP contribution in [0.25, 0.3) is 0 Å². The molecule has 0 heterocycles. The second-order valence-corrected chi connectivity index (χ2v) is 4.08. The highest BCUT2D eigenvalue weighted by Gasteiger charge is 2.11. The predicted octanol–water partition coefficient (Wildman–Crippen LogP) is 2.76. The van der Waals surface area contributed by atoms with Gasteiger partial charge in [0.25, 0.3) is 5.69 Å². The van der Waals surface area contributed by atoms with Crippen LogP contribution in [0, 0.1) is 10.1 Å². The van der Waals surface area contributed by atoms with Gasteiger partial charge < -0.3 is 15.2 Å². The first kappa shape index (κ1) is 13.7. The maximum absolute atomic E-state index is 10.7. The molecule has 0 aromatic heterocycles. The van der Waals surface area contributed by atoms with Gasteiger partial charge in [0.15, 0.2) is 0 Å². The lowest BCUT2D eigenvalue weighted by Gasteiger charge is -2.11. The second-order valence-electron chi connectivity index (χ2n) is 4.08. The number of methoxy groups -OCH3 is 1. The minimum Gasteiger partial charge on any atom is -0.496 e. The molecule has 0 saturated heterocycles. The highest BCUT2D eigenvalue weighted by Crippen LogP contribution is 2.28. The van der Waals surface area contributed by atoms with E-state index in [1.54, 1.807) is 7.11 Å². The van der Waals surface area contributed by atoms with Crippen LogP contribution < -0.4 is 15.2 Å². The zero-order valence-electron chi connectivity index (χ0n) is 10.9. The van der Waals surface area contributed by atoms with E-state index in [1.807, 2.05) is 24.3 Å². The summed E-state index contributed by atoms with van der Waals surface area (Å²) >= 11 is 0. The van der Waals surface area contributed by atoms with Gasteiger partial charge in [0.2, 0.25) is 0 Å². The lowest BCUT2D eigenvalue weighted by molar-refractivity contribution is -0.384. The Bertz CT molecular complexity index is 628. The predicted molar refractivity (Wildman–Crippen MR) is 74.8 cm³/mol. The van der Waals surface area contributed by atoms with Crippen molar-refractivity contribution in [2.24, 2.45) is 0 Å². The van der Waals surface area contributed by atoms with Crippen molar-refractivity contribution < 1.29 is 14.4 Å². The summed E-state index contributed by atoms with van der Waals surface area (Å²) in [7, 11) is 1.57. The molecule has 0 saturated carbocycles. The Morgan fingerprint density at radius 1 is 1.20 bits per heavy atom. The highest BCUT2D eigenvalue weighted by molar-refractivity contribution is 5.57. The Morgan fingerprint density at radius 2 is 1.95 bits per heavy atom. The number of nitro groups is 1. The fourth-order valence-corrected chi connectivity index (χ4v) is 1.74. The quantitative estimate of drug-likeness (QED) is 0.514. The van der Waals surface area contributed by atoms with E-state index in [-0.39, 0.29) is 18.0 Å². The number of ether oxygens (including phenoxy) is 2. The molecule has 104 valence electrons. The van der Waals surface area contributed by atoms with Crippen molar-refractivity contribution >= 4 is 11.4 Å². The van der Waals surface area contributed by atoms with Gasteiger partial charge in [-0.1, -0.05) is 18.2 Å². The van der Waals surface area contributed by atoms with Gasteiger partial charge in [-0.2, -0.15) is 0 Å². The van der Waals surface area contributed by atoms with E-state index in [1.165, 1.54) is 18.2 Å². The van der Waals surface area contributed by atoms with Crippen molar-refractivity contribution in [3.8, 4) is 11.5 Å². The molecule has 0 spiro atoms. The molecular formula is C14H14N2O4. The third-order valence-corrected chi connectivity index (χ3v) is 2.78. The summed E-state index contributed by atoms with van der Waals surface area (Å²) in [6.45, 7) is 0.218. The van der Waals surface area contributed by atoms with Gasteiger partial charge in [-0.3, -0.25) is 10.1 Å². The summed E-state index contributed by atoms with van der Waals surface area (Å²) in [6, 6.07) is 11.5. The van der Waals surface area contributed by atoms with E-state index in [0.717, 1.165) is 5.56 Å². The Labute approximate surface area is 115 Å². The molecule has 2 rings (SSSR count). The van der Waals surface area contributed by atoms with Crippen LogP contribution in [-0.4, -0.2) is 12.0 Å². The molecule has 0 amide bonds. The van der Waals surface area contributed by atoms with Crippen LogP contribution in [0.4, 0.5) is 11.4 Å². The van der Waals surface area contributed by atoms with Crippen LogP contribution in [0.5, 0.6) is 11.5 Å². The second kappa shape index (κ2) is 5.92. The molecule has 2 N–H and O–H groups in total. The van der Waals surface area contributed by atoms with Crippen LogP contribution in [-0.2, 0) is 6.61 Å². The molecule has 2 aromatic carbocycles. The molecule has 2 aromatic rings. The van der Waals surface area contributed by atoms with Gasteiger partial charge in [0.1, 0.15) is 18.1 Å². The first-order valence-electron chi connectivity index (χ1n) is 5.90. The van der Waals surface area contributed by atoms with E-state index >= 15 is 0 Å². The number of nitrogens with two attached hydrogens (primary N) is 1. The summed E-state index contributed by atoms with van der Waals surface area (Å²) in [5.74, 6) is 0.974. The Hall–Kier alpha value is -2.76. The monoisotopic (exact) mass is 274 g/mol. The normalized spacial score (nSPS) is 10.1. The molecular weight excluding hydrogens is 260 g/mol. The molecule has 6 nitrogen and oxygen atoms in total. The average Bonchev–Trinajstić information content (AvgIpc) is 2.46. The first-order valence-corrected chi connectivity index (χ1v) is 5.90. The number of hydrogen-bond acceptors (Lipinski definition) is 5. The SMILES string of the molecule is COc1ccccc1COc1cc([N+](=O)[O-])ccc1N. The van der Waals surface area contributed by atoms with Gasteiger partial charge in [-0.15, -0.1) is 0 Å². The maximum atomic E-state index is 10.7. The van der Waals surface area contributed by atoms with E-state index in [2.05, 4.69) is 0 Å². The smallest absolute Gasteiger partial charge is 0.273 e. The van der Waals surface area contributed by atoms with Crippen molar-refractivity contribution in [1.82, 2.24) is 0 Å². The van der Waals surface area contributed by atoms with Crippen molar-refractivity contribution in [2.75, 3.05) is 12.8 Å². The lowest BCUT2D eigenvalue weighted by Crippen LogP contribution is -2.01. The summed E-state index contributed by atoms with van der Waals surface area (Å²) < 4.78 is 10.8. The number of rotatable bonds is 5. The summed E-state index contributed by atoms with van der Waals surface area (Å²) in [4.78, 5) is 10.2. The molecule has 0 aliphatic carbocycles. The Balaban J connectivity index is 2.18. The third kappa shape index (κ3) is 2.97. The van der Waals surface area contributed by atoms with Crippen LogP contribution in [0.2, 0.25) is 0 Å². The van der Waals surface area contributed by atoms with Gasteiger partial charge in [0, 0.05) is 11.6 Å². The zero-order valence-corrected chi connectivity index (χ0v) is 10.9. The van der Waals surface area contributed by atoms with E-state index in [9.17, 15) is 10.1 Å². The van der Waals surface area contributed by atoms with Crippen LogP contribution in [0.15, 0.2) is 42.5 Å². The number of nitrogen functional groups attached to an aromatic ring is 1. The number of nitro benzene ring substituents is 1. The molecule has 6 heteroatoms. The minimum absolute atomic E-state index is 0.0609. The summed E-state index contributed by atoms with van der Waals surface area (Å²) in [6.07, 6.45) is 0. The van der Waals surface area contributed by atoms with Crippen LogP contribution in [0.1, 0.15) is 5.56 Å². The molecule has 0 unspecified atom stereocenters. The number of nitrogens with zero attached hydrogens (tertiary/aromatic N) is 1. The highest BCUT2D eigenvalue weighted by atomic mass is 16.6. The summed E-state index contributed by atoms with van der Waals surface area (Å²) in [5.41, 5.74) is 6.87. The van der Waals surface area contributed by atoms with Crippen molar-refractivity contribution in [2.45, 2.75) is 6.61 Å². The fourth-order valence-electron chi connectivity index (χ4n) is 1.74. The number of anilines is 1. The van der Waals surface area contributed by atoms with Gasteiger partial charge in [-0.25, -0.2) is 0 Å². The largest absolute Gasteiger partial charge is 0.496 e. The molecule has 0 fully saturated rings. The molecule has 0 bridgehead atoms. The topological polar surface area (TPSA) is 87.6 Å². The molecule has 0 atom stereocenters. The van der Waals surface area contributed by atoms with Crippen molar-refractivity contribution in [3.05, 3.63) is 58.1 Å². The van der Waals surface area contributed by atoms with E-state index < -0.39 is 4.92 Å². The van der Waals surface area contributed by atoms with Gasteiger partial charge >= 0.3 is 0 Å². The number of benzene rings is 2. The number of para-hydroxylation sites is 1. The number of hydrogen-bond donors (Lipinski definition) is 1. The molecule has 0 aliphatic rings. The average molecular weight is 274 g/mol. The Kier molecular flexibility index (Phi) is 4.05. The van der Waals surface area contributed by atoms with Crippen LogP contribution in [0.3, 0.4) is 0 Å². The molecule has 20 heavy (non-hydrogen) atoms. The molecule has 0 aliphatic heterocycles. The van der Waals surface area contributed by atoms with Gasteiger partial charge in [-0.05, 0) is 12.1 Å². The van der Waals surface area contributed by atoms with Crippen LogP contribution >= 0.6 is 0 Å². The van der Waals surface area contributed by atoms with Crippen molar-refractivity contribution in [1.29, 1.82) is 0 Å². The lowest BCUT2D eigenvalue weighted by atomic mass is 10.2. The molecule has 0 radical (unpaired) electrons. The first-order chi connectivity index (χ1) is 9.61. The standard InChI is InChI=1S/C14H14N2O4/c1-19-13-5-3-2-4-10(13)9-20-14-8-11(16(17)18)6-7-12(14)15/h2-8H,9,15H2,1H3. The third-order valence-electron chi connectivity index (χ3n) is 2.78. The summed E-state index contributed by atoms with van der Waals surface area (Å²) in [5, 5.41) is 10.7. The van der Waals surface area contributed by atoms with E-state index in [0.29, 0.717) is 11.4 Å².